The molecule has 2 heterocycles. The second-order valence-corrected chi connectivity index (χ2v) is 4.91. The molecule has 0 saturated carbocycles. The number of methoxy groups -OCH3 is 1. The summed E-state index contributed by atoms with van der Waals surface area (Å²) in [6, 6.07) is 9.16. The lowest BCUT2D eigenvalue weighted by molar-refractivity contribution is -0.143. The van der Waals surface area contributed by atoms with Crippen LogP contribution in [0.15, 0.2) is 30.3 Å². The number of nitrogens with two attached hydrogens (primary N) is 1. The molecular formula is C15H15N5O4. The molecule has 9 nitrogen and oxygen atoms in total. The number of fused-ring (bicyclic) bond motifs is 1. The Hall–Kier alpha value is -3.36. The van der Waals surface area contributed by atoms with Crippen LogP contribution in [0.3, 0.4) is 0 Å². The van der Waals surface area contributed by atoms with Crippen LogP contribution < -0.4 is 10.5 Å². The Balaban J connectivity index is 1.98. The highest BCUT2D eigenvalue weighted by molar-refractivity contribution is 5.83. The molecule has 3 aromatic rings. The van der Waals surface area contributed by atoms with Crippen LogP contribution in [0.4, 0.5) is 5.82 Å². The van der Waals surface area contributed by atoms with Crippen molar-refractivity contribution in [1.29, 1.82) is 0 Å². The Morgan fingerprint density at radius 1 is 1.25 bits per heavy atom. The third kappa shape index (κ3) is 3.05. The molecule has 3 rings (SSSR count). The van der Waals surface area contributed by atoms with Crippen LogP contribution in [0.5, 0.6) is 12.0 Å². The number of benzene rings is 1. The number of anilines is 1. The maximum atomic E-state index is 11.2. The van der Waals surface area contributed by atoms with Crippen LogP contribution in [0.1, 0.15) is 5.56 Å². The van der Waals surface area contributed by atoms with Crippen molar-refractivity contribution in [2.45, 2.75) is 6.54 Å². The first-order valence-electron chi connectivity index (χ1n) is 7.04. The van der Waals surface area contributed by atoms with Gasteiger partial charge in [0.1, 0.15) is 0 Å². The SMILES string of the molecule is COC(=O)COc1nc(N)c2nc(O)n(Cc3ccccc3)c2n1. The molecule has 0 saturated heterocycles. The second kappa shape index (κ2) is 6.41. The molecule has 0 radical (unpaired) electrons. The van der Waals surface area contributed by atoms with Crippen LogP contribution in [-0.2, 0) is 16.1 Å². The lowest BCUT2D eigenvalue weighted by atomic mass is 10.2. The molecule has 0 amide bonds. The minimum absolute atomic E-state index is 0.0435. The number of hydrogen-bond acceptors (Lipinski definition) is 8. The molecule has 0 fully saturated rings. The smallest absolute Gasteiger partial charge is 0.344 e. The van der Waals surface area contributed by atoms with E-state index < -0.39 is 5.97 Å². The molecular weight excluding hydrogens is 314 g/mol. The van der Waals surface area contributed by atoms with Crippen LogP contribution in [0, 0.1) is 0 Å². The summed E-state index contributed by atoms with van der Waals surface area (Å²) >= 11 is 0. The van der Waals surface area contributed by atoms with Gasteiger partial charge < -0.3 is 20.3 Å². The quantitative estimate of drug-likeness (QED) is 0.656. The largest absolute Gasteiger partial charge is 0.480 e. The van der Waals surface area contributed by atoms with Gasteiger partial charge in [0.05, 0.1) is 13.7 Å². The summed E-state index contributed by atoms with van der Waals surface area (Å²) < 4.78 is 11.1. The third-order valence-corrected chi connectivity index (χ3v) is 3.31. The van der Waals surface area contributed by atoms with Crippen molar-refractivity contribution in [1.82, 2.24) is 19.5 Å². The fourth-order valence-corrected chi connectivity index (χ4v) is 2.15. The van der Waals surface area contributed by atoms with E-state index in [9.17, 15) is 9.90 Å². The monoisotopic (exact) mass is 329 g/mol. The zero-order valence-electron chi connectivity index (χ0n) is 12.8. The number of carbonyl (C=O) groups is 1. The van der Waals surface area contributed by atoms with Gasteiger partial charge in [-0.2, -0.15) is 15.0 Å². The molecule has 1 aromatic carbocycles. The average molecular weight is 329 g/mol. The summed E-state index contributed by atoms with van der Waals surface area (Å²) in [4.78, 5) is 23.2. The standard InChI is InChI=1S/C15H15N5O4/c1-23-10(21)8-24-14-18-12(16)11-13(19-14)20(15(22)17-11)7-9-5-3-2-4-6-9/h2-6H,7-8H2,1H3,(H,17,22)(H2,16,18,19). The number of carbonyl (C=O) groups excluding carboxylic acids is 1. The molecule has 124 valence electrons. The highest BCUT2D eigenvalue weighted by Crippen LogP contribution is 2.25. The zero-order valence-corrected chi connectivity index (χ0v) is 12.8. The minimum Gasteiger partial charge on any atom is -0.480 e. The summed E-state index contributed by atoms with van der Waals surface area (Å²) in [5, 5.41) is 10.1. The predicted molar refractivity (Wildman–Crippen MR) is 84.5 cm³/mol. The van der Waals surface area contributed by atoms with E-state index in [1.165, 1.54) is 11.7 Å². The highest BCUT2D eigenvalue weighted by atomic mass is 16.6. The molecule has 0 bridgehead atoms. The van der Waals surface area contributed by atoms with Crippen molar-refractivity contribution >= 4 is 23.0 Å². The fraction of sp³-hybridized carbons (Fsp3) is 0.200. The zero-order chi connectivity index (χ0) is 17.1. The van der Waals surface area contributed by atoms with Gasteiger partial charge in [-0.05, 0) is 5.56 Å². The minimum atomic E-state index is -0.571. The van der Waals surface area contributed by atoms with Gasteiger partial charge in [0.2, 0.25) is 0 Å². The number of ether oxygens (including phenoxy) is 2. The number of aromatic hydroxyl groups is 1. The molecule has 0 aliphatic rings. The number of esters is 1. The van der Waals surface area contributed by atoms with E-state index in [2.05, 4.69) is 19.7 Å². The lowest BCUT2D eigenvalue weighted by Crippen LogP contribution is -2.14. The van der Waals surface area contributed by atoms with E-state index >= 15 is 0 Å². The number of aromatic nitrogens is 4. The maximum Gasteiger partial charge on any atom is 0.344 e. The average Bonchev–Trinajstić information content (AvgIpc) is 2.90. The highest BCUT2D eigenvalue weighted by Gasteiger charge is 2.17. The van der Waals surface area contributed by atoms with Gasteiger partial charge in [0.15, 0.2) is 23.6 Å². The second-order valence-electron chi connectivity index (χ2n) is 4.91. The Morgan fingerprint density at radius 2 is 2.00 bits per heavy atom. The molecule has 0 atom stereocenters. The predicted octanol–water partition coefficient (Wildman–Crippen LogP) is 0.714. The summed E-state index contributed by atoms with van der Waals surface area (Å²) in [5.41, 5.74) is 7.35. The molecule has 24 heavy (non-hydrogen) atoms. The van der Waals surface area contributed by atoms with Gasteiger partial charge in [-0.25, -0.2) is 4.79 Å². The number of hydrogen-bond donors (Lipinski definition) is 2. The van der Waals surface area contributed by atoms with Crippen LogP contribution in [-0.4, -0.2) is 44.3 Å². The van der Waals surface area contributed by atoms with Gasteiger partial charge in [-0.15, -0.1) is 0 Å². The molecule has 0 unspecified atom stereocenters. The summed E-state index contributed by atoms with van der Waals surface area (Å²) in [6.45, 7) is -0.00365. The summed E-state index contributed by atoms with van der Waals surface area (Å²) in [7, 11) is 1.25. The normalized spacial score (nSPS) is 10.7. The van der Waals surface area contributed by atoms with Gasteiger partial charge in [0.25, 0.3) is 6.01 Å². The van der Waals surface area contributed by atoms with Crippen LogP contribution in [0.2, 0.25) is 0 Å². The molecule has 3 N–H and O–H groups in total. The van der Waals surface area contributed by atoms with E-state index in [0.29, 0.717) is 12.2 Å². The van der Waals surface area contributed by atoms with Gasteiger partial charge >= 0.3 is 12.0 Å². The van der Waals surface area contributed by atoms with Crippen molar-refractivity contribution in [2.75, 3.05) is 19.5 Å². The van der Waals surface area contributed by atoms with Crippen molar-refractivity contribution in [3.8, 4) is 12.0 Å². The van der Waals surface area contributed by atoms with Gasteiger partial charge in [-0.3, -0.25) is 4.57 Å². The molecule has 0 aliphatic carbocycles. The number of imidazole rings is 1. The first kappa shape index (κ1) is 15.5. The molecule has 0 aliphatic heterocycles. The molecule has 2 aromatic heterocycles. The van der Waals surface area contributed by atoms with Crippen molar-refractivity contribution in [3.05, 3.63) is 35.9 Å². The Bertz CT molecular complexity index is 878. The van der Waals surface area contributed by atoms with E-state index in [1.807, 2.05) is 30.3 Å². The molecule has 0 spiro atoms. The number of rotatable bonds is 5. The summed E-state index contributed by atoms with van der Waals surface area (Å²) in [5.74, 6) is -0.528. The van der Waals surface area contributed by atoms with Gasteiger partial charge in [0, 0.05) is 0 Å². The van der Waals surface area contributed by atoms with Gasteiger partial charge in [-0.1, -0.05) is 30.3 Å². The lowest BCUT2D eigenvalue weighted by Gasteiger charge is -2.07. The Kier molecular flexibility index (Phi) is 4.15. The fourth-order valence-electron chi connectivity index (χ4n) is 2.15. The van der Waals surface area contributed by atoms with E-state index in [-0.39, 0.29) is 30.0 Å². The first-order valence-corrected chi connectivity index (χ1v) is 7.04. The Morgan fingerprint density at radius 3 is 2.71 bits per heavy atom. The van der Waals surface area contributed by atoms with Crippen molar-refractivity contribution in [3.63, 3.8) is 0 Å². The number of nitrogens with zero attached hydrogens (tertiary/aromatic N) is 4. The van der Waals surface area contributed by atoms with E-state index in [0.717, 1.165) is 5.56 Å². The van der Waals surface area contributed by atoms with E-state index in [1.54, 1.807) is 0 Å². The molecule has 9 heteroatoms. The Labute approximate surface area is 136 Å². The van der Waals surface area contributed by atoms with E-state index in [4.69, 9.17) is 10.5 Å². The van der Waals surface area contributed by atoms with Crippen LogP contribution >= 0.6 is 0 Å². The number of nitrogen functional groups attached to an aromatic ring is 1. The first-order chi connectivity index (χ1) is 11.6. The van der Waals surface area contributed by atoms with Crippen molar-refractivity contribution in [2.24, 2.45) is 0 Å². The third-order valence-electron chi connectivity index (χ3n) is 3.31. The maximum absolute atomic E-state index is 11.2. The summed E-state index contributed by atoms with van der Waals surface area (Å²) in [6.07, 6.45) is 0. The topological polar surface area (TPSA) is 125 Å². The van der Waals surface area contributed by atoms with Crippen molar-refractivity contribution < 1.29 is 19.4 Å². The van der Waals surface area contributed by atoms with Crippen LogP contribution in [0.25, 0.3) is 11.2 Å².